The minimum absolute atomic E-state index is 0.196. The summed E-state index contributed by atoms with van der Waals surface area (Å²) in [6, 6.07) is 20.1. The van der Waals surface area contributed by atoms with Crippen LogP contribution in [-0.2, 0) is 32.2 Å². The van der Waals surface area contributed by atoms with Crippen LogP contribution in [0.15, 0.2) is 84.0 Å². The van der Waals surface area contributed by atoms with E-state index < -0.39 is 11.8 Å². The molecule has 0 spiro atoms. The smallest absolute Gasteiger partial charge is 0.261 e. The van der Waals surface area contributed by atoms with Gasteiger partial charge in [0.2, 0.25) is 0 Å². The fraction of sp³-hybridized carbons (Fsp3) is 0.419. The van der Waals surface area contributed by atoms with Crippen LogP contribution in [0.25, 0.3) is 0 Å². The molecule has 1 unspecified atom stereocenters. The first-order chi connectivity index (χ1) is 18.3. The molecule has 2 aromatic rings. The van der Waals surface area contributed by atoms with Crippen molar-refractivity contribution in [2.24, 2.45) is 0 Å². The highest BCUT2D eigenvalue weighted by Gasteiger charge is 2.37. The monoisotopic (exact) mass is 520 g/mol. The molecule has 7 heteroatoms. The molecule has 0 saturated heterocycles. The third-order valence-corrected chi connectivity index (χ3v) is 6.98. The summed E-state index contributed by atoms with van der Waals surface area (Å²) < 4.78 is 27.1. The molecule has 1 aliphatic heterocycles. The van der Waals surface area contributed by atoms with E-state index in [0.717, 1.165) is 17.5 Å². The Labute approximate surface area is 224 Å². The van der Waals surface area contributed by atoms with Gasteiger partial charge in [0.1, 0.15) is 6.17 Å². The van der Waals surface area contributed by atoms with Crippen molar-refractivity contribution in [3.8, 4) is 0 Å². The highest BCUT2D eigenvalue weighted by Crippen LogP contribution is 2.28. The molecule has 1 aliphatic carbocycles. The number of hydrogen-bond donors (Lipinski definition) is 0. The van der Waals surface area contributed by atoms with Gasteiger partial charge in [-0.1, -0.05) is 72.8 Å². The van der Waals surface area contributed by atoms with Crippen LogP contribution in [0.1, 0.15) is 37.8 Å². The number of rotatable bonds is 14. The van der Waals surface area contributed by atoms with Crippen molar-refractivity contribution in [3.63, 3.8) is 0 Å². The summed E-state index contributed by atoms with van der Waals surface area (Å²) in [5, 5.41) is 0. The van der Waals surface area contributed by atoms with Crippen molar-refractivity contribution in [1.29, 1.82) is 0 Å². The molecular weight excluding hydrogens is 483 g/mol. The van der Waals surface area contributed by atoms with Gasteiger partial charge in [-0.3, -0.25) is 19.4 Å². The average Bonchev–Trinajstić information content (AvgIpc) is 3.16. The summed E-state index contributed by atoms with van der Waals surface area (Å²) >= 11 is 0. The van der Waals surface area contributed by atoms with E-state index in [9.17, 15) is 9.59 Å². The highest BCUT2D eigenvalue weighted by atomic mass is 19.1. The molecule has 1 atom stereocenters. The number of benzene rings is 2. The molecule has 4 rings (SSSR count). The normalized spacial score (nSPS) is 16.5. The quantitative estimate of drug-likeness (QED) is 0.263. The van der Waals surface area contributed by atoms with Crippen LogP contribution in [0, 0.1) is 0 Å². The lowest BCUT2D eigenvalue weighted by molar-refractivity contribution is -0.138. The molecule has 202 valence electrons. The third kappa shape index (κ3) is 7.25. The first kappa shape index (κ1) is 27.9. The first-order valence-electron chi connectivity index (χ1n) is 13.3. The van der Waals surface area contributed by atoms with Crippen LogP contribution in [0.4, 0.5) is 4.39 Å². The Balaban J connectivity index is 1.22. The van der Waals surface area contributed by atoms with Gasteiger partial charge in [-0.25, -0.2) is 4.39 Å². The maximum atomic E-state index is 15.5. The van der Waals surface area contributed by atoms with Gasteiger partial charge >= 0.3 is 0 Å². The molecule has 2 amide bonds. The van der Waals surface area contributed by atoms with Crippen LogP contribution < -0.4 is 0 Å². The van der Waals surface area contributed by atoms with E-state index in [4.69, 9.17) is 9.47 Å². The van der Waals surface area contributed by atoms with Crippen molar-refractivity contribution in [1.82, 2.24) is 9.80 Å². The largest absolute Gasteiger partial charge is 0.377 e. The molecular formula is C31H37FN2O4. The van der Waals surface area contributed by atoms with E-state index in [-0.39, 0.29) is 44.7 Å². The van der Waals surface area contributed by atoms with Gasteiger partial charge in [0.25, 0.3) is 11.8 Å². The lowest BCUT2D eigenvalue weighted by Crippen LogP contribution is -2.44. The summed E-state index contributed by atoms with van der Waals surface area (Å²) in [4.78, 5) is 28.3. The maximum absolute atomic E-state index is 15.5. The number of halogens is 1. The molecule has 1 heterocycles. The second-order valence-corrected chi connectivity index (χ2v) is 10.3. The van der Waals surface area contributed by atoms with Gasteiger partial charge in [-0.05, 0) is 37.8 Å². The third-order valence-electron chi connectivity index (χ3n) is 6.98. The van der Waals surface area contributed by atoms with E-state index in [2.05, 4.69) is 29.2 Å². The number of amides is 2. The molecule has 0 aromatic heterocycles. The van der Waals surface area contributed by atoms with Crippen molar-refractivity contribution in [2.45, 2.75) is 51.6 Å². The van der Waals surface area contributed by atoms with E-state index in [1.54, 1.807) is 19.9 Å². The van der Waals surface area contributed by atoms with E-state index in [1.165, 1.54) is 4.90 Å². The maximum Gasteiger partial charge on any atom is 0.261 e. The average molecular weight is 521 g/mol. The van der Waals surface area contributed by atoms with E-state index in [0.29, 0.717) is 30.7 Å². The number of allylic oxidation sites excluding steroid dienone is 1. The number of nitrogens with zero attached hydrogens (tertiary/aromatic N) is 2. The summed E-state index contributed by atoms with van der Waals surface area (Å²) in [6.45, 7) is 5.88. The Bertz CT molecular complexity index is 1110. The van der Waals surface area contributed by atoms with E-state index in [1.807, 2.05) is 42.5 Å². The summed E-state index contributed by atoms with van der Waals surface area (Å²) in [6.07, 6.45) is 3.82. The molecule has 0 saturated carbocycles. The standard InChI is InChI=1S/C31H37FN2O4/c1-31(2,38-20-19-37-18-17-34-29(35)26-15-9-10-16-27(26)30(34)36)28(32)23-33(21-24-11-5-3-6-12-24)22-25-13-7-4-8-14-25/h3-9,11-15,28H,10,16-23H2,1-2H3. The van der Waals surface area contributed by atoms with Crippen LogP contribution in [0.2, 0.25) is 0 Å². The zero-order chi connectivity index (χ0) is 27.0. The molecule has 0 fully saturated rings. The van der Waals surface area contributed by atoms with Crippen LogP contribution >= 0.6 is 0 Å². The number of alkyl halides is 1. The number of hydrogen-bond acceptors (Lipinski definition) is 5. The molecule has 0 radical (unpaired) electrons. The zero-order valence-corrected chi connectivity index (χ0v) is 22.3. The molecule has 0 N–H and O–H groups in total. The lowest BCUT2D eigenvalue weighted by Gasteiger charge is -2.33. The van der Waals surface area contributed by atoms with Crippen molar-refractivity contribution in [3.05, 3.63) is 95.1 Å². The second-order valence-electron chi connectivity index (χ2n) is 10.3. The van der Waals surface area contributed by atoms with Crippen molar-refractivity contribution < 1.29 is 23.5 Å². The molecule has 38 heavy (non-hydrogen) atoms. The molecule has 2 aliphatic rings. The minimum atomic E-state index is -1.22. The Morgan fingerprint density at radius 1 is 0.921 bits per heavy atom. The molecule has 0 bridgehead atoms. The number of imide groups is 1. The summed E-state index contributed by atoms with van der Waals surface area (Å²) in [5.41, 5.74) is 2.36. The topological polar surface area (TPSA) is 59.1 Å². The summed E-state index contributed by atoms with van der Waals surface area (Å²) in [7, 11) is 0. The van der Waals surface area contributed by atoms with Gasteiger partial charge < -0.3 is 9.47 Å². The zero-order valence-electron chi connectivity index (χ0n) is 22.3. The van der Waals surface area contributed by atoms with E-state index >= 15 is 4.39 Å². The Hall–Kier alpha value is -3.13. The number of carbonyl (C=O) groups excluding carboxylic acids is 2. The SMILES string of the molecule is CC(C)(OCCOCCN1C(=O)C2=C(CCC=C2)C1=O)C(F)CN(Cc1ccccc1)Cc1ccccc1. The fourth-order valence-electron chi connectivity index (χ4n) is 4.72. The van der Waals surface area contributed by atoms with Gasteiger partial charge in [-0.15, -0.1) is 0 Å². The minimum Gasteiger partial charge on any atom is -0.377 e. The van der Waals surface area contributed by atoms with Crippen LogP contribution in [0.3, 0.4) is 0 Å². The van der Waals surface area contributed by atoms with Gasteiger partial charge in [-0.2, -0.15) is 0 Å². The van der Waals surface area contributed by atoms with Crippen LogP contribution in [0.5, 0.6) is 0 Å². The first-order valence-corrected chi connectivity index (χ1v) is 13.3. The second kappa shape index (κ2) is 13.1. The van der Waals surface area contributed by atoms with Crippen molar-refractivity contribution in [2.75, 3.05) is 32.9 Å². The predicted molar refractivity (Wildman–Crippen MR) is 145 cm³/mol. The van der Waals surface area contributed by atoms with Gasteiger partial charge in [0.15, 0.2) is 0 Å². The van der Waals surface area contributed by atoms with Crippen molar-refractivity contribution >= 4 is 11.8 Å². The Morgan fingerprint density at radius 2 is 1.55 bits per heavy atom. The molecule has 6 nitrogen and oxygen atoms in total. The van der Waals surface area contributed by atoms with Gasteiger partial charge in [0.05, 0.1) is 32.0 Å². The lowest BCUT2D eigenvalue weighted by atomic mass is 10.00. The Kier molecular flexibility index (Phi) is 9.61. The fourth-order valence-corrected chi connectivity index (χ4v) is 4.72. The highest BCUT2D eigenvalue weighted by molar-refractivity contribution is 6.20. The van der Waals surface area contributed by atoms with Crippen LogP contribution in [-0.4, -0.2) is 66.3 Å². The van der Waals surface area contributed by atoms with Gasteiger partial charge in [0, 0.05) is 30.8 Å². The summed E-state index contributed by atoms with van der Waals surface area (Å²) in [5.74, 6) is -0.469. The number of ether oxygens (including phenoxy) is 2. The Morgan fingerprint density at radius 3 is 2.16 bits per heavy atom. The molecule has 2 aromatic carbocycles. The predicted octanol–water partition coefficient (Wildman–Crippen LogP) is 4.85. The number of carbonyl (C=O) groups is 2.